The Balaban J connectivity index is 1.68. The fourth-order valence-corrected chi connectivity index (χ4v) is 3.25. The summed E-state index contributed by atoms with van der Waals surface area (Å²) in [6, 6.07) is 10.3. The molecule has 0 radical (unpaired) electrons. The molecule has 0 saturated carbocycles. The summed E-state index contributed by atoms with van der Waals surface area (Å²) in [7, 11) is 2.22. The van der Waals surface area contributed by atoms with E-state index in [1.54, 1.807) is 0 Å². The van der Waals surface area contributed by atoms with Crippen LogP contribution in [0.15, 0.2) is 24.3 Å². The minimum Gasteiger partial charge on any atom is -0.375 e. The van der Waals surface area contributed by atoms with Crippen LogP contribution in [0.25, 0.3) is 0 Å². The van der Waals surface area contributed by atoms with Gasteiger partial charge < -0.3 is 15.0 Å². The Morgan fingerprint density at radius 3 is 3.00 bits per heavy atom. The van der Waals surface area contributed by atoms with Crippen LogP contribution in [0, 0.1) is 0 Å². The Morgan fingerprint density at radius 1 is 1.32 bits per heavy atom. The zero-order chi connectivity index (χ0) is 13.2. The van der Waals surface area contributed by atoms with E-state index in [-0.39, 0.29) is 0 Å². The number of hydrogen-bond donors (Lipinski definition) is 1. The maximum absolute atomic E-state index is 5.73. The van der Waals surface area contributed by atoms with Gasteiger partial charge in [0.15, 0.2) is 0 Å². The largest absolute Gasteiger partial charge is 0.375 e. The fraction of sp³-hybridized carbons (Fsp3) is 0.625. The summed E-state index contributed by atoms with van der Waals surface area (Å²) in [4.78, 5) is 2.45. The predicted octanol–water partition coefficient (Wildman–Crippen LogP) is 2.33. The Morgan fingerprint density at radius 2 is 2.16 bits per heavy atom. The van der Waals surface area contributed by atoms with E-state index >= 15 is 0 Å². The van der Waals surface area contributed by atoms with Gasteiger partial charge in [-0.2, -0.15) is 0 Å². The summed E-state index contributed by atoms with van der Waals surface area (Å²) < 4.78 is 5.73. The maximum atomic E-state index is 5.73. The van der Waals surface area contributed by atoms with Gasteiger partial charge in [0.2, 0.25) is 0 Å². The molecule has 2 heterocycles. The molecule has 1 aromatic rings. The molecule has 0 bridgehead atoms. The Labute approximate surface area is 115 Å². The quantitative estimate of drug-likeness (QED) is 0.883. The molecule has 0 spiro atoms. The fourth-order valence-electron chi connectivity index (χ4n) is 3.25. The van der Waals surface area contributed by atoms with Gasteiger partial charge in [0.25, 0.3) is 0 Å². The second-order valence-electron chi connectivity index (χ2n) is 5.98. The number of likely N-dealkylation sites (tertiary alicyclic amines) is 1. The number of hydrogen-bond acceptors (Lipinski definition) is 3. The van der Waals surface area contributed by atoms with Crippen molar-refractivity contribution in [2.45, 2.75) is 44.5 Å². The number of piperidine rings is 1. The lowest BCUT2D eigenvalue weighted by Crippen LogP contribution is -2.47. The smallest absolute Gasteiger partial charge is 0.0721 e. The standard InChI is InChI=1S/C16H24N2O/c1-12-9-14(7-8-18(12)2)17-16-11-19-10-13-5-3-4-6-15(13)16/h3-6,12,14,16-17H,7-11H2,1-2H3. The lowest BCUT2D eigenvalue weighted by molar-refractivity contribution is 0.0706. The molecule has 1 saturated heterocycles. The van der Waals surface area contributed by atoms with E-state index < -0.39 is 0 Å². The summed E-state index contributed by atoms with van der Waals surface area (Å²) in [5.74, 6) is 0. The van der Waals surface area contributed by atoms with Crippen molar-refractivity contribution in [2.75, 3.05) is 20.2 Å². The number of rotatable bonds is 2. The van der Waals surface area contributed by atoms with Gasteiger partial charge in [-0.3, -0.25) is 0 Å². The molecular formula is C16H24N2O. The van der Waals surface area contributed by atoms with Gasteiger partial charge in [-0.15, -0.1) is 0 Å². The van der Waals surface area contributed by atoms with Gasteiger partial charge in [-0.1, -0.05) is 24.3 Å². The van der Waals surface area contributed by atoms with Crippen LogP contribution < -0.4 is 5.32 Å². The first kappa shape index (κ1) is 13.1. The van der Waals surface area contributed by atoms with Gasteiger partial charge in [0, 0.05) is 12.1 Å². The molecule has 104 valence electrons. The first-order chi connectivity index (χ1) is 9.24. The SMILES string of the molecule is CC1CC(NC2COCc3ccccc32)CCN1C. The Hall–Kier alpha value is -0.900. The zero-order valence-electron chi connectivity index (χ0n) is 11.9. The number of nitrogens with zero attached hydrogens (tertiary/aromatic N) is 1. The van der Waals surface area contributed by atoms with Gasteiger partial charge in [0.1, 0.15) is 0 Å². The molecule has 2 aliphatic heterocycles. The van der Waals surface area contributed by atoms with Crippen molar-refractivity contribution < 1.29 is 4.74 Å². The molecule has 0 aromatic heterocycles. The molecule has 3 atom stereocenters. The lowest BCUT2D eigenvalue weighted by atomic mass is 9.94. The normalized spacial score (nSPS) is 32.0. The third kappa shape index (κ3) is 2.83. The third-order valence-corrected chi connectivity index (χ3v) is 4.62. The van der Waals surface area contributed by atoms with Crippen molar-refractivity contribution in [3.8, 4) is 0 Å². The van der Waals surface area contributed by atoms with Crippen molar-refractivity contribution in [1.29, 1.82) is 0 Å². The Kier molecular flexibility index (Phi) is 3.87. The van der Waals surface area contributed by atoms with Gasteiger partial charge in [-0.25, -0.2) is 0 Å². The summed E-state index contributed by atoms with van der Waals surface area (Å²) in [5.41, 5.74) is 2.77. The highest BCUT2D eigenvalue weighted by atomic mass is 16.5. The maximum Gasteiger partial charge on any atom is 0.0721 e. The molecule has 3 heteroatoms. The highest BCUT2D eigenvalue weighted by molar-refractivity contribution is 5.31. The first-order valence-electron chi connectivity index (χ1n) is 7.36. The van der Waals surface area contributed by atoms with Crippen LogP contribution in [0.5, 0.6) is 0 Å². The molecule has 19 heavy (non-hydrogen) atoms. The number of fused-ring (bicyclic) bond motifs is 1. The average Bonchev–Trinajstić information content (AvgIpc) is 2.43. The first-order valence-corrected chi connectivity index (χ1v) is 7.36. The molecule has 1 N–H and O–H groups in total. The van der Waals surface area contributed by atoms with Crippen molar-refractivity contribution in [3.63, 3.8) is 0 Å². The van der Waals surface area contributed by atoms with Crippen LogP contribution in [0.2, 0.25) is 0 Å². The second kappa shape index (κ2) is 5.61. The number of benzene rings is 1. The topological polar surface area (TPSA) is 24.5 Å². The molecule has 3 rings (SSSR count). The van der Waals surface area contributed by atoms with Crippen LogP contribution in [-0.4, -0.2) is 37.2 Å². The van der Waals surface area contributed by atoms with E-state index in [1.807, 2.05) is 0 Å². The van der Waals surface area contributed by atoms with Crippen LogP contribution in [0.4, 0.5) is 0 Å². The van der Waals surface area contributed by atoms with Crippen LogP contribution in [-0.2, 0) is 11.3 Å². The summed E-state index contributed by atoms with van der Waals surface area (Å²) >= 11 is 0. The van der Waals surface area contributed by atoms with E-state index in [9.17, 15) is 0 Å². The van der Waals surface area contributed by atoms with Crippen LogP contribution in [0.3, 0.4) is 0 Å². The van der Waals surface area contributed by atoms with E-state index in [2.05, 4.69) is 48.5 Å². The van der Waals surface area contributed by atoms with Gasteiger partial charge in [-0.05, 0) is 44.5 Å². The average molecular weight is 260 g/mol. The molecular weight excluding hydrogens is 236 g/mol. The highest BCUT2D eigenvalue weighted by Gasteiger charge is 2.27. The van der Waals surface area contributed by atoms with Gasteiger partial charge >= 0.3 is 0 Å². The van der Waals surface area contributed by atoms with Crippen molar-refractivity contribution in [3.05, 3.63) is 35.4 Å². The van der Waals surface area contributed by atoms with Crippen molar-refractivity contribution in [2.24, 2.45) is 0 Å². The van der Waals surface area contributed by atoms with E-state index in [0.29, 0.717) is 18.1 Å². The molecule has 0 amide bonds. The molecule has 2 aliphatic rings. The van der Waals surface area contributed by atoms with E-state index in [0.717, 1.165) is 13.2 Å². The molecule has 0 aliphatic carbocycles. The summed E-state index contributed by atoms with van der Waals surface area (Å²) in [6.45, 7) is 5.07. The summed E-state index contributed by atoms with van der Waals surface area (Å²) in [5, 5.41) is 3.81. The molecule has 3 unspecified atom stereocenters. The number of nitrogens with one attached hydrogen (secondary N) is 1. The summed E-state index contributed by atoms with van der Waals surface area (Å²) in [6.07, 6.45) is 2.47. The Bertz CT molecular complexity index is 435. The molecule has 1 fully saturated rings. The lowest BCUT2D eigenvalue weighted by Gasteiger charge is -2.38. The van der Waals surface area contributed by atoms with E-state index in [4.69, 9.17) is 4.74 Å². The molecule has 3 nitrogen and oxygen atoms in total. The monoisotopic (exact) mass is 260 g/mol. The molecule has 1 aromatic carbocycles. The van der Waals surface area contributed by atoms with Crippen LogP contribution in [0.1, 0.15) is 36.9 Å². The van der Waals surface area contributed by atoms with Gasteiger partial charge in [0.05, 0.1) is 19.3 Å². The van der Waals surface area contributed by atoms with E-state index in [1.165, 1.54) is 30.5 Å². The third-order valence-electron chi connectivity index (χ3n) is 4.62. The minimum atomic E-state index is 0.366. The highest BCUT2D eigenvalue weighted by Crippen LogP contribution is 2.26. The van der Waals surface area contributed by atoms with Crippen molar-refractivity contribution >= 4 is 0 Å². The number of ether oxygens (including phenoxy) is 1. The zero-order valence-corrected chi connectivity index (χ0v) is 11.9. The predicted molar refractivity (Wildman–Crippen MR) is 77.1 cm³/mol. The second-order valence-corrected chi connectivity index (χ2v) is 5.98. The van der Waals surface area contributed by atoms with Crippen molar-refractivity contribution in [1.82, 2.24) is 10.2 Å². The van der Waals surface area contributed by atoms with Crippen LogP contribution >= 0.6 is 0 Å². The minimum absolute atomic E-state index is 0.366.